The lowest BCUT2D eigenvalue weighted by Gasteiger charge is -2.29. The molecule has 2 atom stereocenters. The van der Waals surface area contributed by atoms with Crippen molar-refractivity contribution in [2.24, 2.45) is 5.92 Å². The lowest BCUT2D eigenvalue weighted by Crippen LogP contribution is -2.25. The summed E-state index contributed by atoms with van der Waals surface area (Å²) in [6.07, 6.45) is 6.64. The van der Waals surface area contributed by atoms with E-state index >= 15 is 0 Å². The van der Waals surface area contributed by atoms with Crippen molar-refractivity contribution in [2.75, 3.05) is 19.8 Å². The minimum absolute atomic E-state index is 0.0649. The first-order valence-corrected chi connectivity index (χ1v) is 10.2. The van der Waals surface area contributed by atoms with Crippen molar-refractivity contribution in [2.45, 2.75) is 39.2 Å². The van der Waals surface area contributed by atoms with Gasteiger partial charge in [0, 0.05) is 5.92 Å². The zero-order valence-corrected chi connectivity index (χ0v) is 17.0. The molecule has 3 nitrogen and oxygen atoms in total. The first-order valence-electron chi connectivity index (χ1n) is 10.2. The van der Waals surface area contributed by atoms with Crippen molar-refractivity contribution < 1.29 is 23.0 Å². The Morgan fingerprint density at radius 3 is 2.28 bits per heavy atom. The molecule has 0 amide bonds. The van der Waals surface area contributed by atoms with Crippen molar-refractivity contribution in [3.63, 3.8) is 0 Å². The molecule has 156 valence electrons. The van der Waals surface area contributed by atoms with E-state index in [1.165, 1.54) is 17.7 Å². The Hall–Kier alpha value is -2.40. The monoisotopic (exact) mass is 402 g/mol. The second-order valence-electron chi connectivity index (χ2n) is 7.28. The predicted octanol–water partition coefficient (Wildman–Crippen LogP) is 6.33. The van der Waals surface area contributed by atoms with Gasteiger partial charge in [-0.3, -0.25) is 0 Å². The summed E-state index contributed by atoms with van der Waals surface area (Å²) in [6, 6.07) is 11.2. The van der Waals surface area contributed by atoms with Crippen LogP contribution < -0.4 is 9.47 Å². The average Bonchev–Trinajstić information content (AvgIpc) is 2.75. The Morgan fingerprint density at radius 1 is 1.00 bits per heavy atom. The highest BCUT2D eigenvalue weighted by molar-refractivity contribution is 5.49. The molecule has 0 aromatic heterocycles. The lowest BCUT2D eigenvalue weighted by atomic mass is 9.94. The topological polar surface area (TPSA) is 27.7 Å². The molecule has 3 rings (SSSR count). The van der Waals surface area contributed by atoms with Crippen LogP contribution in [0.15, 0.2) is 42.5 Å². The van der Waals surface area contributed by atoms with E-state index < -0.39 is 11.6 Å². The summed E-state index contributed by atoms with van der Waals surface area (Å²) in [7, 11) is 0. The minimum Gasteiger partial charge on any atom is -0.490 e. The predicted molar refractivity (Wildman–Crippen MR) is 110 cm³/mol. The zero-order chi connectivity index (χ0) is 20.6. The maximum absolute atomic E-state index is 14.2. The summed E-state index contributed by atoms with van der Waals surface area (Å²) in [6.45, 7) is 5.06. The van der Waals surface area contributed by atoms with Gasteiger partial charge in [0.15, 0.2) is 11.5 Å². The van der Waals surface area contributed by atoms with Gasteiger partial charge < -0.3 is 14.2 Å². The maximum Gasteiger partial charge on any atom is 0.204 e. The van der Waals surface area contributed by atoms with Crippen molar-refractivity contribution in [3.05, 3.63) is 65.2 Å². The van der Waals surface area contributed by atoms with Gasteiger partial charge in [-0.2, -0.15) is 8.78 Å². The number of hydrogen-bond acceptors (Lipinski definition) is 3. The molecule has 2 aromatic rings. The second-order valence-corrected chi connectivity index (χ2v) is 7.28. The third-order valence-corrected chi connectivity index (χ3v) is 4.99. The minimum atomic E-state index is -1.01. The Labute approximate surface area is 171 Å². The van der Waals surface area contributed by atoms with Crippen LogP contribution in [-0.4, -0.2) is 19.8 Å². The first kappa shape index (κ1) is 21.3. The number of ether oxygens (including phenoxy) is 3. The quantitative estimate of drug-likeness (QED) is 0.516. The van der Waals surface area contributed by atoms with Crippen molar-refractivity contribution in [3.8, 4) is 11.5 Å². The summed E-state index contributed by atoms with van der Waals surface area (Å²) in [5.74, 6) is -2.03. The molecule has 1 aliphatic heterocycles. The van der Waals surface area contributed by atoms with Crippen LogP contribution in [0, 0.1) is 17.6 Å². The fourth-order valence-corrected chi connectivity index (χ4v) is 3.37. The summed E-state index contributed by atoms with van der Waals surface area (Å²) in [4.78, 5) is 0. The number of benzene rings is 2. The van der Waals surface area contributed by atoms with Crippen molar-refractivity contribution in [1.29, 1.82) is 0 Å². The molecule has 0 N–H and O–H groups in total. The van der Waals surface area contributed by atoms with Gasteiger partial charge in [-0.1, -0.05) is 43.3 Å². The van der Waals surface area contributed by atoms with Gasteiger partial charge in [0.25, 0.3) is 0 Å². The van der Waals surface area contributed by atoms with E-state index in [-0.39, 0.29) is 23.5 Å². The molecule has 0 aliphatic carbocycles. The largest absolute Gasteiger partial charge is 0.490 e. The van der Waals surface area contributed by atoms with E-state index in [0.29, 0.717) is 19.8 Å². The standard InChI is InChI=1S/C24H28F2O3/c1-3-5-17-6-9-19(10-7-17)20-11-8-18(15-28-20)16-29-22-13-12-21(27-14-4-2)23(25)24(22)26/h3,5-7,9-10,12-13,18,20H,4,8,11,14-16H2,1-2H3/b5-3+. The van der Waals surface area contributed by atoms with Gasteiger partial charge in [-0.25, -0.2) is 0 Å². The van der Waals surface area contributed by atoms with E-state index in [2.05, 4.69) is 30.3 Å². The van der Waals surface area contributed by atoms with E-state index in [4.69, 9.17) is 14.2 Å². The van der Waals surface area contributed by atoms with Gasteiger partial charge in [0.1, 0.15) is 0 Å². The molecule has 29 heavy (non-hydrogen) atoms. The maximum atomic E-state index is 14.2. The number of rotatable bonds is 8. The van der Waals surface area contributed by atoms with E-state index in [1.807, 2.05) is 19.9 Å². The van der Waals surface area contributed by atoms with E-state index in [9.17, 15) is 8.78 Å². The van der Waals surface area contributed by atoms with Crippen LogP contribution in [0.1, 0.15) is 50.3 Å². The fraction of sp³-hybridized carbons (Fsp3) is 0.417. The average molecular weight is 402 g/mol. The highest BCUT2D eigenvalue weighted by Gasteiger charge is 2.24. The van der Waals surface area contributed by atoms with Crippen LogP contribution in [0.5, 0.6) is 11.5 Å². The summed E-state index contributed by atoms with van der Waals surface area (Å²) >= 11 is 0. The van der Waals surface area contributed by atoms with Gasteiger partial charge in [0.2, 0.25) is 11.6 Å². The molecular weight excluding hydrogens is 374 g/mol. The Morgan fingerprint density at radius 2 is 1.69 bits per heavy atom. The van der Waals surface area contributed by atoms with Crippen LogP contribution in [0.4, 0.5) is 8.78 Å². The van der Waals surface area contributed by atoms with Crippen LogP contribution in [0.25, 0.3) is 6.08 Å². The van der Waals surface area contributed by atoms with Crippen molar-refractivity contribution in [1.82, 2.24) is 0 Å². The van der Waals surface area contributed by atoms with Crippen LogP contribution in [0.2, 0.25) is 0 Å². The molecule has 5 heteroatoms. The van der Waals surface area contributed by atoms with E-state index in [1.54, 1.807) is 0 Å². The fourth-order valence-electron chi connectivity index (χ4n) is 3.37. The molecule has 0 saturated carbocycles. The normalized spacial score (nSPS) is 19.4. The van der Waals surface area contributed by atoms with Gasteiger partial charge in [0.05, 0.1) is 25.9 Å². The van der Waals surface area contributed by atoms with Crippen LogP contribution >= 0.6 is 0 Å². The smallest absolute Gasteiger partial charge is 0.204 e. The molecule has 0 bridgehead atoms. The molecule has 0 spiro atoms. The SMILES string of the molecule is C/C=C/c1ccc(C2CCC(COc3ccc(OCCC)c(F)c3F)CO2)cc1. The first-order chi connectivity index (χ1) is 14.1. The summed E-state index contributed by atoms with van der Waals surface area (Å²) in [5, 5.41) is 0. The highest BCUT2D eigenvalue weighted by atomic mass is 19.2. The number of allylic oxidation sites excluding steroid dienone is 1. The Bertz CT molecular complexity index is 810. The van der Waals surface area contributed by atoms with E-state index in [0.717, 1.165) is 24.8 Å². The number of halogens is 2. The third kappa shape index (κ3) is 5.57. The summed E-state index contributed by atoms with van der Waals surface area (Å²) in [5.41, 5.74) is 2.33. The molecule has 0 radical (unpaired) electrons. The zero-order valence-electron chi connectivity index (χ0n) is 17.0. The molecule has 1 heterocycles. The third-order valence-electron chi connectivity index (χ3n) is 4.99. The van der Waals surface area contributed by atoms with Crippen molar-refractivity contribution >= 4 is 6.08 Å². The second kappa shape index (κ2) is 10.4. The van der Waals surface area contributed by atoms with Gasteiger partial charge in [-0.05, 0) is 49.4 Å². The highest BCUT2D eigenvalue weighted by Crippen LogP contribution is 2.32. The lowest BCUT2D eigenvalue weighted by molar-refractivity contribution is -0.0289. The van der Waals surface area contributed by atoms with Crippen LogP contribution in [-0.2, 0) is 4.74 Å². The van der Waals surface area contributed by atoms with Gasteiger partial charge >= 0.3 is 0 Å². The van der Waals surface area contributed by atoms with Crippen LogP contribution in [0.3, 0.4) is 0 Å². The Balaban J connectivity index is 1.50. The molecule has 1 aliphatic rings. The molecule has 2 unspecified atom stereocenters. The number of hydrogen-bond donors (Lipinski definition) is 0. The Kier molecular flexibility index (Phi) is 7.64. The summed E-state index contributed by atoms with van der Waals surface area (Å²) < 4.78 is 45.0. The molecule has 1 saturated heterocycles. The molecule has 2 aromatic carbocycles. The van der Waals surface area contributed by atoms with Gasteiger partial charge in [-0.15, -0.1) is 0 Å². The molecule has 1 fully saturated rings. The molecular formula is C24H28F2O3.